The maximum atomic E-state index is 11.4. The highest BCUT2D eigenvalue weighted by molar-refractivity contribution is 5.87. The van der Waals surface area contributed by atoms with Crippen molar-refractivity contribution in [3.8, 4) is 5.75 Å². The average Bonchev–Trinajstić information content (AvgIpc) is 2.36. The highest BCUT2D eigenvalue weighted by Crippen LogP contribution is 2.18. The van der Waals surface area contributed by atoms with Crippen LogP contribution in [0.25, 0.3) is 6.08 Å². The number of hydrogen-bond acceptors (Lipinski definition) is 3. The van der Waals surface area contributed by atoms with E-state index in [2.05, 4.69) is 13.8 Å². The lowest BCUT2D eigenvalue weighted by atomic mass is 10.1. The van der Waals surface area contributed by atoms with E-state index in [-0.39, 0.29) is 5.97 Å². The molecule has 1 aromatic rings. The molecule has 0 aliphatic rings. The monoisotopic (exact) mass is 248 g/mol. The molecule has 0 saturated carbocycles. The number of benzene rings is 1. The average molecular weight is 248 g/mol. The summed E-state index contributed by atoms with van der Waals surface area (Å²) in [6.07, 6.45) is 4.02. The molecular weight excluding hydrogens is 228 g/mol. The molecule has 0 bridgehead atoms. The molecule has 0 fully saturated rings. The predicted molar refractivity (Wildman–Crippen MR) is 72.4 cm³/mol. The fraction of sp³-hybridized carbons (Fsp3) is 0.400. The summed E-state index contributed by atoms with van der Waals surface area (Å²) in [7, 11) is 1.60. The Bertz CT molecular complexity index is 408. The Morgan fingerprint density at radius 1 is 1.33 bits per heavy atom. The third kappa shape index (κ3) is 5.04. The van der Waals surface area contributed by atoms with Crippen molar-refractivity contribution in [2.75, 3.05) is 13.7 Å². The summed E-state index contributed by atoms with van der Waals surface area (Å²) in [5.74, 6) is 0.960. The van der Waals surface area contributed by atoms with Gasteiger partial charge >= 0.3 is 5.97 Å². The van der Waals surface area contributed by atoms with E-state index < -0.39 is 0 Å². The highest BCUT2D eigenvalue weighted by atomic mass is 16.5. The Kier molecular flexibility index (Phi) is 5.98. The lowest BCUT2D eigenvalue weighted by Crippen LogP contribution is -2.04. The zero-order valence-corrected chi connectivity index (χ0v) is 11.2. The van der Waals surface area contributed by atoms with Crippen molar-refractivity contribution < 1.29 is 14.3 Å². The number of esters is 1. The second kappa shape index (κ2) is 7.54. The van der Waals surface area contributed by atoms with Gasteiger partial charge in [0, 0.05) is 11.6 Å². The van der Waals surface area contributed by atoms with Gasteiger partial charge in [-0.1, -0.05) is 32.0 Å². The van der Waals surface area contributed by atoms with E-state index in [4.69, 9.17) is 9.47 Å². The smallest absolute Gasteiger partial charge is 0.330 e. The van der Waals surface area contributed by atoms with Gasteiger partial charge in [-0.2, -0.15) is 0 Å². The number of ether oxygens (including phenoxy) is 2. The third-order valence-corrected chi connectivity index (χ3v) is 2.48. The summed E-state index contributed by atoms with van der Waals surface area (Å²) in [6.45, 7) is 4.66. The predicted octanol–water partition coefficient (Wildman–Crippen LogP) is 3.30. The summed E-state index contributed by atoms with van der Waals surface area (Å²) in [4.78, 5) is 11.4. The van der Waals surface area contributed by atoms with Crippen LogP contribution in [0.15, 0.2) is 30.3 Å². The molecule has 0 radical (unpaired) electrons. The lowest BCUT2D eigenvalue weighted by molar-refractivity contribution is -0.137. The topological polar surface area (TPSA) is 35.5 Å². The van der Waals surface area contributed by atoms with Gasteiger partial charge in [0.05, 0.1) is 13.7 Å². The zero-order chi connectivity index (χ0) is 13.4. The van der Waals surface area contributed by atoms with Crippen molar-refractivity contribution in [1.29, 1.82) is 0 Å². The summed E-state index contributed by atoms with van der Waals surface area (Å²) < 4.78 is 10.3. The molecule has 98 valence electrons. The Morgan fingerprint density at radius 2 is 2.06 bits per heavy atom. The van der Waals surface area contributed by atoms with Crippen LogP contribution in [0, 0.1) is 5.92 Å². The van der Waals surface area contributed by atoms with Crippen LogP contribution in [0.1, 0.15) is 25.8 Å². The number of methoxy groups -OCH3 is 1. The maximum absolute atomic E-state index is 11.4. The molecular formula is C15H20O3. The first-order valence-corrected chi connectivity index (χ1v) is 6.11. The van der Waals surface area contributed by atoms with Gasteiger partial charge in [-0.15, -0.1) is 0 Å². The van der Waals surface area contributed by atoms with Gasteiger partial charge in [0.15, 0.2) is 0 Å². The van der Waals surface area contributed by atoms with Crippen molar-refractivity contribution in [2.24, 2.45) is 5.92 Å². The number of para-hydroxylation sites is 1. The quantitative estimate of drug-likeness (QED) is 0.572. The standard InChI is InChI=1S/C15H20O3/c1-12(2)10-11-18-15(16)9-8-13-6-4-5-7-14(13)17-3/h4-9,12H,10-11H2,1-3H3/b9-8+. The second-order valence-electron chi connectivity index (χ2n) is 4.43. The molecule has 0 saturated heterocycles. The van der Waals surface area contributed by atoms with Crippen molar-refractivity contribution in [3.63, 3.8) is 0 Å². The molecule has 3 nitrogen and oxygen atoms in total. The van der Waals surface area contributed by atoms with Crippen LogP contribution >= 0.6 is 0 Å². The van der Waals surface area contributed by atoms with E-state index in [0.29, 0.717) is 12.5 Å². The van der Waals surface area contributed by atoms with Crippen LogP contribution in [0.3, 0.4) is 0 Å². The van der Waals surface area contributed by atoms with Crippen LogP contribution in [-0.2, 0) is 9.53 Å². The number of carbonyl (C=O) groups excluding carboxylic acids is 1. The van der Waals surface area contributed by atoms with Gasteiger partial charge in [-0.3, -0.25) is 0 Å². The van der Waals surface area contributed by atoms with Gasteiger partial charge in [-0.25, -0.2) is 4.79 Å². The van der Waals surface area contributed by atoms with E-state index in [1.807, 2.05) is 24.3 Å². The molecule has 0 unspecified atom stereocenters. The molecule has 0 amide bonds. The summed E-state index contributed by atoms with van der Waals surface area (Å²) in [5, 5.41) is 0. The maximum Gasteiger partial charge on any atom is 0.330 e. The van der Waals surface area contributed by atoms with Crippen molar-refractivity contribution in [3.05, 3.63) is 35.9 Å². The van der Waals surface area contributed by atoms with Crippen molar-refractivity contribution in [1.82, 2.24) is 0 Å². The second-order valence-corrected chi connectivity index (χ2v) is 4.43. The molecule has 0 aliphatic carbocycles. The summed E-state index contributed by atoms with van der Waals surface area (Å²) in [6, 6.07) is 7.52. The SMILES string of the molecule is COc1ccccc1/C=C/C(=O)OCCC(C)C. The number of rotatable bonds is 6. The van der Waals surface area contributed by atoms with Gasteiger partial charge in [0.1, 0.15) is 5.75 Å². The molecule has 0 heterocycles. The fourth-order valence-corrected chi connectivity index (χ4v) is 1.41. The first-order chi connectivity index (χ1) is 8.63. The van der Waals surface area contributed by atoms with Gasteiger partial charge in [0.2, 0.25) is 0 Å². The Labute approximate surface area is 108 Å². The minimum atomic E-state index is -0.318. The number of carbonyl (C=O) groups is 1. The van der Waals surface area contributed by atoms with Crippen molar-refractivity contribution in [2.45, 2.75) is 20.3 Å². The first-order valence-electron chi connectivity index (χ1n) is 6.11. The molecule has 0 spiro atoms. The fourth-order valence-electron chi connectivity index (χ4n) is 1.41. The molecule has 0 atom stereocenters. The minimum Gasteiger partial charge on any atom is -0.496 e. The van der Waals surface area contributed by atoms with Crippen LogP contribution in [0.2, 0.25) is 0 Å². The van der Waals surface area contributed by atoms with Crippen LogP contribution < -0.4 is 4.74 Å². The van der Waals surface area contributed by atoms with Gasteiger partial charge in [-0.05, 0) is 24.5 Å². The van der Waals surface area contributed by atoms with Gasteiger partial charge in [0.25, 0.3) is 0 Å². The largest absolute Gasteiger partial charge is 0.496 e. The molecule has 3 heteroatoms. The van der Waals surface area contributed by atoms with Crippen LogP contribution in [0.4, 0.5) is 0 Å². The van der Waals surface area contributed by atoms with E-state index >= 15 is 0 Å². The minimum absolute atomic E-state index is 0.318. The summed E-state index contributed by atoms with van der Waals surface area (Å²) >= 11 is 0. The van der Waals surface area contributed by atoms with E-state index in [0.717, 1.165) is 17.7 Å². The molecule has 1 rings (SSSR count). The number of hydrogen-bond donors (Lipinski definition) is 0. The van der Waals surface area contributed by atoms with E-state index in [9.17, 15) is 4.79 Å². The lowest BCUT2D eigenvalue weighted by Gasteiger charge is -2.05. The molecule has 1 aromatic carbocycles. The summed E-state index contributed by atoms with van der Waals surface area (Å²) in [5.41, 5.74) is 0.862. The van der Waals surface area contributed by atoms with Crippen LogP contribution in [-0.4, -0.2) is 19.7 Å². The van der Waals surface area contributed by atoms with Gasteiger partial charge < -0.3 is 9.47 Å². The van der Waals surface area contributed by atoms with E-state index in [1.54, 1.807) is 13.2 Å². The zero-order valence-electron chi connectivity index (χ0n) is 11.2. The molecule has 18 heavy (non-hydrogen) atoms. The third-order valence-electron chi connectivity index (χ3n) is 2.48. The highest BCUT2D eigenvalue weighted by Gasteiger charge is 2.01. The first kappa shape index (κ1) is 14.3. The van der Waals surface area contributed by atoms with E-state index in [1.165, 1.54) is 6.08 Å². The normalized spacial score (nSPS) is 10.9. The Hall–Kier alpha value is -1.77. The van der Waals surface area contributed by atoms with Crippen molar-refractivity contribution >= 4 is 12.0 Å². The van der Waals surface area contributed by atoms with Crippen LogP contribution in [0.5, 0.6) is 5.75 Å². The molecule has 0 aromatic heterocycles. The molecule has 0 aliphatic heterocycles. The Balaban J connectivity index is 2.50. The Morgan fingerprint density at radius 3 is 2.72 bits per heavy atom. The molecule has 0 N–H and O–H groups in total.